The maximum Gasteiger partial charge on any atom is 0.355 e. The van der Waals surface area contributed by atoms with Crippen molar-refractivity contribution in [2.45, 2.75) is 6.42 Å². The molecule has 1 heterocycles. The van der Waals surface area contributed by atoms with Gasteiger partial charge < -0.3 is 9.84 Å². The van der Waals surface area contributed by atoms with Crippen molar-refractivity contribution in [1.29, 1.82) is 5.26 Å². The second-order valence-corrected chi connectivity index (χ2v) is 4.35. The third kappa shape index (κ3) is 2.75. The van der Waals surface area contributed by atoms with Crippen LogP contribution in [0.3, 0.4) is 0 Å². The second-order valence-electron chi connectivity index (χ2n) is 4.35. The molecule has 0 fully saturated rings. The molecule has 0 saturated carbocycles. The van der Waals surface area contributed by atoms with Crippen LogP contribution in [0.25, 0.3) is 0 Å². The standard InChI is InChI=1S/C14H13N3O4/c1-21-14(20)12-11(6-7-18)13(19)17(16-12)10-4-2-9(8-15)3-5-10/h2-5,11,18H,6-7H2,1H3. The molecule has 0 bridgehead atoms. The number of nitriles is 1. The number of methoxy groups -OCH3 is 1. The number of hydrogen-bond acceptors (Lipinski definition) is 6. The van der Waals surface area contributed by atoms with Crippen LogP contribution >= 0.6 is 0 Å². The monoisotopic (exact) mass is 287 g/mol. The summed E-state index contributed by atoms with van der Waals surface area (Å²) >= 11 is 0. The van der Waals surface area contributed by atoms with Gasteiger partial charge in [-0.3, -0.25) is 4.79 Å². The van der Waals surface area contributed by atoms with Crippen molar-refractivity contribution >= 4 is 23.3 Å². The van der Waals surface area contributed by atoms with E-state index in [1.165, 1.54) is 7.11 Å². The summed E-state index contributed by atoms with van der Waals surface area (Å²) in [5.74, 6) is -1.93. The predicted octanol–water partition coefficient (Wildman–Crippen LogP) is 0.432. The number of ether oxygens (including phenoxy) is 1. The SMILES string of the molecule is COC(=O)C1=NN(c2ccc(C#N)cc2)C(=O)C1CCO. The number of benzene rings is 1. The van der Waals surface area contributed by atoms with E-state index in [4.69, 9.17) is 10.4 Å². The van der Waals surface area contributed by atoms with Gasteiger partial charge in [0, 0.05) is 6.61 Å². The summed E-state index contributed by atoms with van der Waals surface area (Å²) in [6.45, 7) is -0.242. The Bertz CT molecular complexity index is 631. The number of carbonyl (C=O) groups is 2. The molecule has 1 amide bonds. The summed E-state index contributed by atoms with van der Waals surface area (Å²) in [5.41, 5.74) is 0.872. The van der Waals surface area contributed by atoms with Gasteiger partial charge in [0.1, 0.15) is 0 Å². The summed E-state index contributed by atoms with van der Waals surface area (Å²) in [5, 5.41) is 22.9. The fourth-order valence-corrected chi connectivity index (χ4v) is 2.03. The lowest BCUT2D eigenvalue weighted by Gasteiger charge is -2.13. The lowest BCUT2D eigenvalue weighted by Crippen LogP contribution is -2.31. The highest BCUT2D eigenvalue weighted by Crippen LogP contribution is 2.26. The zero-order chi connectivity index (χ0) is 15.4. The van der Waals surface area contributed by atoms with E-state index in [1.807, 2.05) is 6.07 Å². The van der Waals surface area contributed by atoms with Crippen molar-refractivity contribution in [3.63, 3.8) is 0 Å². The first-order chi connectivity index (χ1) is 10.1. The van der Waals surface area contributed by atoms with Crippen molar-refractivity contribution in [2.75, 3.05) is 18.7 Å². The molecule has 1 aromatic rings. The van der Waals surface area contributed by atoms with Crippen LogP contribution in [0.15, 0.2) is 29.4 Å². The zero-order valence-corrected chi connectivity index (χ0v) is 11.3. The van der Waals surface area contributed by atoms with Crippen LogP contribution in [0.4, 0.5) is 5.69 Å². The second kappa shape index (κ2) is 6.15. The highest BCUT2D eigenvalue weighted by molar-refractivity contribution is 6.44. The molecular weight excluding hydrogens is 274 g/mol. The Hall–Kier alpha value is -2.72. The highest BCUT2D eigenvalue weighted by Gasteiger charge is 2.40. The number of amides is 1. The van der Waals surface area contributed by atoms with Crippen LogP contribution in [-0.2, 0) is 14.3 Å². The van der Waals surface area contributed by atoms with E-state index < -0.39 is 17.8 Å². The Morgan fingerprint density at radius 1 is 1.48 bits per heavy atom. The van der Waals surface area contributed by atoms with Gasteiger partial charge in [0.15, 0.2) is 5.71 Å². The van der Waals surface area contributed by atoms with E-state index in [9.17, 15) is 9.59 Å². The van der Waals surface area contributed by atoms with E-state index in [-0.39, 0.29) is 18.7 Å². The number of hydrazone groups is 1. The first-order valence-electron chi connectivity index (χ1n) is 6.24. The molecule has 1 aromatic carbocycles. The van der Waals surface area contributed by atoms with E-state index in [0.29, 0.717) is 11.3 Å². The van der Waals surface area contributed by atoms with Gasteiger partial charge in [0.25, 0.3) is 5.91 Å². The number of carbonyl (C=O) groups excluding carboxylic acids is 2. The minimum absolute atomic E-state index is 0.0269. The molecule has 0 saturated heterocycles. The highest BCUT2D eigenvalue weighted by atomic mass is 16.5. The summed E-state index contributed by atoms with van der Waals surface area (Å²) in [6.07, 6.45) is 0.0968. The number of rotatable bonds is 4. The van der Waals surface area contributed by atoms with Crippen LogP contribution in [0.1, 0.15) is 12.0 Å². The molecule has 1 N–H and O–H groups in total. The van der Waals surface area contributed by atoms with Gasteiger partial charge in [-0.25, -0.2) is 4.79 Å². The Kier molecular flexibility index (Phi) is 4.30. The van der Waals surface area contributed by atoms with Crippen LogP contribution in [-0.4, -0.2) is 36.4 Å². The minimum Gasteiger partial charge on any atom is -0.464 e. The van der Waals surface area contributed by atoms with E-state index in [0.717, 1.165) is 5.01 Å². The average molecular weight is 287 g/mol. The normalized spacial score (nSPS) is 17.4. The van der Waals surface area contributed by atoms with Gasteiger partial charge in [-0.1, -0.05) is 0 Å². The first-order valence-corrected chi connectivity index (χ1v) is 6.24. The van der Waals surface area contributed by atoms with Crippen LogP contribution in [0, 0.1) is 17.2 Å². The molecule has 7 nitrogen and oxygen atoms in total. The number of esters is 1. The van der Waals surface area contributed by atoms with Crippen molar-refractivity contribution in [2.24, 2.45) is 11.0 Å². The molecule has 7 heteroatoms. The van der Waals surface area contributed by atoms with Gasteiger partial charge in [0.05, 0.1) is 30.3 Å². The quantitative estimate of drug-likeness (QED) is 0.809. The topological polar surface area (TPSA) is 103 Å². The van der Waals surface area contributed by atoms with Crippen molar-refractivity contribution in [3.05, 3.63) is 29.8 Å². The molecule has 0 radical (unpaired) electrons. The van der Waals surface area contributed by atoms with Gasteiger partial charge in [-0.05, 0) is 30.7 Å². The predicted molar refractivity (Wildman–Crippen MR) is 73.3 cm³/mol. The smallest absolute Gasteiger partial charge is 0.355 e. The fraction of sp³-hybridized carbons (Fsp3) is 0.286. The summed E-state index contributed by atoms with van der Waals surface area (Å²) in [4.78, 5) is 24.0. The van der Waals surface area contributed by atoms with Crippen molar-refractivity contribution < 1.29 is 19.4 Å². The number of anilines is 1. The van der Waals surface area contributed by atoms with Gasteiger partial charge in [-0.2, -0.15) is 15.4 Å². The lowest BCUT2D eigenvalue weighted by atomic mass is 10.00. The Balaban J connectivity index is 2.35. The average Bonchev–Trinajstić information content (AvgIpc) is 2.84. The Labute approximate surface area is 121 Å². The van der Waals surface area contributed by atoms with Crippen LogP contribution in [0.5, 0.6) is 0 Å². The molecule has 1 aliphatic heterocycles. The molecule has 0 aliphatic carbocycles. The molecular formula is C14H13N3O4. The molecule has 1 aliphatic rings. The van der Waals surface area contributed by atoms with Crippen LogP contribution in [0.2, 0.25) is 0 Å². The number of hydrogen-bond donors (Lipinski definition) is 1. The third-order valence-electron chi connectivity index (χ3n) is 3.10. The molecule has 2 rings (SSSR count). The third-order valence-corrected chi connectivity index (χ3v) is 3.10. The molecule has 108 valence electrons. The van der Waals surface area contributed by atoms with Gasteiger partial charge in [0.2, 0.25) is 0 Å². The maximum atomic E-state index is 12.3. The van der Waals surface area contributed by atoms with Crippen molar-refractivity contribution in [3.8, 4) is 6.07 Å². The zero-order valence-electron chi connectivity index (χ0n) is 11.3. The molecule has 1 unspecified atom stereocenters. The molecule has 1 atom stereocenters. The summed E-state index contributed by atoms with van der Waals surface area (Å²) in [7, 11) is 1.20. The number of aliphatic hydroxyl groups excluding tert-OH is 1. The van der Waals surface area contributed by atoms with E-state index >= 15 is 0 Å². The van der Waals surface area contributed by atoms with Gasteiger partial charge >= 0.3 is 5.97 Å². The first kappa shape index (κ1) is 14.7. The fourth-order valence-electron chi connectivity index (χ4n) is 2.03. The number of nitrogens with zero attached hydrogens (tertiary/aromatic N) is 3. The van der Waals surface area contributed by atoms with E-state index in [2.05, 4.69) is 9.84 Å². The molecule has 0 aromatic heterocycles. The largest absolute Gasteiger partial charge is 0.464 e. The van der Waals surface area contributed by atoms with Crippen LogP contribution < -0.4 is 5.01 Å². The Morgan fingerprint density at radius 3 is 2.67 bits per heavy atom. The maximum absolute atomic E-state index is 12.3. The van der Waals surface area contributed by atoms with Gasteiger partial charge in [-0.15, -0.1) is 0 Å². The van der Waals surface area contributed by atoms with E-state index in [1.54, 1.807) is 24.3 Å². The summed E-state index contributed by atoms with van der Waals surface area (Å²) < 4.78 is 4.61. The Morgan fingerprint density at radius 2 is 2.14 bits per heavy atom. The summed E-state index contributed by atoms with van der Waals surface area (Å²) in [6, 6.07) is 8.21. The lowest BCUT2D eigenvalue weighted by molar-refractivity contribution is -0.133. The number of aliphatic hydroxyl groups is 1. The molecule has 0 spiro atoms. The minimum atomic E-state index is -0.821. The molecule has 21 heavy (non-hydrogen) atoms. The van der Waals surface area contributed by atoms with Crippen molar-refractivity contribution in [1.82, 2.24) is 0 Å².